The number of anilines is 1. The van der Waals surface area contributed by atoms with Gasteiger partial charge in [0.05, 0.1) is 11.4 Å². The van der Waals surface area contributed by atoms with Crippen LogP contribution in [0.5, 0.6) is 0 Å². The van der Waals surface area contributed by atoms with Crippen molar-refractivity contribution in [1.82, 2.24) is 0 Å². The molecule has 0 aliphatic carbocycles. The summed E-state index contributed by atoms with van der Waals surface area (Å²) in [5.41, 5.74) is 4.95. The lowest BCUT2D eigenvalue weighted by Crippen LogP contribution is -2.02. The molecule has 0 aliphatic rings. The average molecular weight is 250 g/mol. The highest BCUT2D eigenvalue weighted by atomic mass is 32.2. The maximum Gasteiger partial charge on any atom is 0.316 e. The number of nitrogens with zero attached hydrogens (tertiary/aromatic N) is 1. The minimum Gasteiger partial charge on any atom is -0.398 e. The van der Waals surface area contributed by atoms with Gasteiger partial charge in [-0.25, -0.2) is 0 Å². The van der Waals surface area contributed by atoms with Crippen molar-refractivity contribution >= 4 is 32.0 Å². The first kappa shape index (κ1) is 11.6. The maximum absolute atomic E-state index is 10.8. The predicted molar refractivity (Wildman–Crippen MR) is 51.7 cm³/mol. The smallest absolute Gasteiger partial charge is 0.316 e. The van der Waals surface area contributed by atoms with E-state index < -0.39 is 25.5 Å². The van der Waals surface area contributed by atoms with Crippen molar-refractivity contribution in [2.24, 2.45) is 4.36 Å². The van der Waals surface area contributed by atoms with Crippen LogP contribution >= 0.6 is 0 Å². The molecule has 0 amide bonds. The van der Waals surface area contributed by atoms with Gasteiger partial charge in [-0.3, -0.25) is 4.55 Å². The molecule has 1 aromatic rings. The summed E-state index contributed by atoms with van der Waals surface area (Å²) in [4.78, 5) is -0.575. The second-order valence-electron chi connectivity index (χ2n) is 2.51. The Kier molecular flexibility index (Phi) is 3.07. The lowest BCUT2D eigenvalue weighted by molar-refractivity contribution is 0.483. The number of hydrogen-bond donors (Lipinski definition) is 2. The van der Waals surface area contributed by atoms with E-state index in [2.05, 4.69) is 4.36 Å². The van der Waals surface area contributed by atoms with Crippen molar-refractivity contribution in [1.29, 1.82) is 0 Å². The third kappa shape index (κ3) is 3.01. The molecular weight excluding hydrogens is 244 g/mol. The molecule has 0 saturated heterocycles. The molecule has 82 valence electrons. The highest BCUT2D eigenvalue weighted by Crippen LogP contribution is 2.23. The van der Waals surface area contributed by atoms with Crippen LogP contribution < -0.4 is 5.73 Å². The summed E-state index contributed by atoms with van der Waals surface area (Å²) in [6.07, 6.45) is 0. The van der Waals surface area contributed by atoms with Crippen LogP contribution in [0.4, 0.5) is 11.4 Å². The zero-order chi connectivity index (χ0) is 11.6. The van der Waals surface area contributed by atoms with E-state index in [4.69, 9.17) is 10.3 Å². The molecule has 0 aromatic heterocycles. The second kappa shape index (κ2) is 3.96. The molecule has 3 N–H and O–H groups in total. The maximum atomic E-state index is 10.8. The summed E-state index contributed by atoms with van der Waals surface area (Å²) >= 11 is 0. The fourth-order valence-electron chi connectivity index (χ4n) is 0.889. The van der Waals surface area contributed by atoms with E-state index in [0.29, 0.717) is 0 Å². The van der Waals surface area contributed by atoms with Gasteiger partial charge in [0.15, 0.2) is 0 Å². The first-order valence-corrected chi connectivity index (χ1v) is 5.96. The Bertz CT molecular complexity index is 609. The van der Waals surface area contributed by atoms with Crippen LogP contribution in [0, 0.1) is 0 Å². The molecule has 0 atom stereocenters. The van der Waals surface area contributed by atoms with Crippen molar-refractivity contribution in [3.05, 3.63) is 18.2 Å². The molecule has 1 aromatic carbocycles. The number of nitrogen functional groups attached to an aromatic ring is 1. The number of rotatable bonds is 2. The molecule has 0 heterocycles. The van der Waals surface area contributed by atoms with E-state index in [-0.39, 0.29) is 11.4 Å². The van der Waals surface area contributed by atoms with Crippen LogP contribution in [-0.4, -0.2) is 21.4 Å². The Morgan fingerprint density at radius 2 is 1.93 bits per heavy atom. The quantitative estimate of drug-likeness (QED) is 0.570. The number of nitrogens with two attached hydrogens (primary N) is 1. The summed E-state index contributed by atoms with van der Waals surface area (Å²) in [6.45, 7) is 0. The van der Waals surface area contributed by atoms with Crippen molar-refractivity contribution in [2.75, 3.05) is 5.73 Å². The summed E-state index contributed by atoms with van der Waals surface area (Å²) in [5.74, 6) is 0. The Balaban J connectivity index is 3.49. The molecule has 0 aliphatic heterocycles. The van der Waals surface area contributed by atoms with Crippen LogP contribution in [0.1, 0.15) is 0 Å². The molecule has 1 rings (SSSR count). The number of benzene rings is 1. The van der Waals surface area contributed by atoms with Crippen molar-refractivity contribution in [3.63, 3.8) is 0 Å². The highest BCUT2D eigenvalue weighted by molar-refractivity contribution is 7.86. The second-order valence-corrected chi connectivity index (χ2v) is 4.51. The van der Waals surface area contributed by atoms with Gasteiger partial charge in [0.2, 0.25) is 0 Å². The summed E-state index contributed by atoms with van der Waals surface area (Å²) in [7, 11) is -7.18. The third-order valence-electron chi connectivity index (χ3n) is 1.45. The van der Waals surface area contributed by atoms with Gasteiger partial charge < -0.3 is 5.73 Å². The molecule has 0 spiro atoms. The fourth-order valence-corrected chi connectivity index (χ4v) is 1.81. The first-order valence-electron chi connectivity index (χ1n) is 3.49. The summed E-state index contributed by atoms with van der Waals surface area (Å²) in [6, 6.07) is 3.20. The molecule has 9 heteroatoms. The lowest BCUT2D eigenvalue weighted by Gasteiger charge is -2.01. The Hall–Kier alpha value is -1.45. The van der Waals surface area contributed by atoms with Gasteiger partial charge in [-0.2, -0.15) is 16.8 Å². The summed E-state index contributed by atoms with van der Waals surface area (Å²) in [5, 5.41) is 0. The van der Waals surface area contributed by atoms with Crippen molar-refractivity contribution in [2.45, 2.75) is 4.90 Å². The van der Waals surface area contributed by atoms with E-state index in [9.17, 15) is 16.8 Å². The van der Waals surface area contributed by atoms with Gasteiger partial charge in [-0.05, 0) is 18.2 Å². The van der Waals surface area contributed by atoms with Crippen LogP contribution in [0.15, 0.2) is 27.5 Å². The monoisotopic (exact) mass is 250 g/mol. The standard InChI is InChI=1S/C6H6N2O5S2/c7-5-2-1-4(8-14(9)10)3-6(5)15(11,12)13/h1-3H,7H2,(H,11,12,13). The van der Waals surface area contributed by atoms with Gasteiger partial charge in [0, 0.05) is 0 Å². The fraction of sp³-hybridized carbons (Fsp3) is 0. The van der Waals surface area contributed by atoms with Crippen LogP contribution in [0.3, 0.4) is 0 Å². The minimum atomic E-state index is -4.48. The normalized spacial score (nSPS) is 11.0. The zero-order valence-electron chi connectivity index (χ0n) is 7.15. The molecule has 0 fully saturated rings. The van der Waals surface area contributed by atoms with Gasteiger partial charge in [-0.1, -0.05) is 0 Å². The molecule has 7 nitrogen and oxygen atoms in total. The Morgan fingerprint density at radius 3 is 2.40 bits per heavy atom. The topological polar surface area (TPSA) is 127 Å². The molecule has 15 heavy (non-hydrogen) atoms. The van der Waals surface area contributed by atoms with E-state index in [0.717, 1.165) is 12.1 Å². The number of hydrogen-bond acceptors (Lipinski definition) is 6. The third-order valence-corrected chi connectivity index (χ3v) is 2.72. The van der Waals surface area contributed by atoms with Gasteiger partial charge in [0.25, 0.3) is 10.1 Å². The van der Waals surface area contributed by atoms with Crippen molar-refractivity contribution < 1.29 is 21.4 Å². The Morgan fingerprint density at radius 1 is 1.33 bits per heavy atom. The van der Waals surface area contributed by atoms with E-state index in [1.807, 2.05) is 0 Å². The molecule has 0 radical (unpaired) electrons. The lowest BCUT2D eigenvalue weighted by atomic mass is 10.3. The van der Waals surface area contributed by atoms with Crippen molar-refractivity contribution in [3.8, 4) is 0 Å². The van der Waals surface area contributed by atoms with Crippen LogP contribution in [-0.2, 0) is 20.6 Å². The van der Waals surface area contributed by atoms with E-state index >= 15 is 0 Å². The van der Waals surface area contributed by atoms with Gasteiger partial charge >= 0.3 is 10.5 Å². The average Bonchev–Trinajstić information content (AvgIpc) is 2.05. The van der Waals surface area contributed by atoms with Gasteiger partial charge in [-0.15, -0.1) is 4.36 Å². The summed E-state index contributed by atoms with van der Waals surface area (Å²) < 4.78 is 53.7. The molecular formula is C6H6N2O5S2. The van der Waals surface area contributed by atoms with E-state index in [1.54, 1.807) is 0 Å². The van der Waals surface area contributed by atoms with Crippen LogP contribution in [0.25, 0.3) is 0 Å². The SMILES string of the molecule is Nc1ccc(N=S(=O)=O)cc1S(=O)(=O)O. The minimum absolute atomic E-state index is 0.134. The van der Waals surface area contributed by atoms with E-state index in [1.165, 1.54) is 6.07 Å². The Labute approximate surface area is 87.0 Å². The first-order chi connectivity index (χ1) is 6.80. The zero-order valence-corrected chi connectivity index (χ0v) is 8.79. The largest absolute Gasteiger partial charge is 0.398 e. The molecule has 0 unspecified atom stereocenters. The molecule has 0 bridgehead atoms. The molecule has 0 saturated carbocycles. The highest BCUT2D eigenvalue weighted by Gasteiger charge is 2.14. The predicted octanol–water partition coefficient (Wildman–Crippen LogP) is 0.210. The van der Waals surface area contributed by atoms with Gasteiger partial charge in [0.1, 0.15) is 4.90 Å². The van der Waals surface area contributed by atoms with Crippen LogP contribution in [0.2, 0.25) is 0 Å².